The van der Waals surface area contributed by atoms with Gasteiger partial charge in [-0.2, -0.15) is 13.2 Å². The zero-order valence-corrected chi connectivity index (χ0v) is 17.9. The Morgan fingerprint density at radius 1 is 1.34 bits per heavy atom. The number of nitrogens with zero attached hydrogens (tertiary/aromatic N) is 2. The summed E-state index contributed by atoms with van der Waals surface area (Å²) in [6.45, 7) is -0.460. The van der Waals surface area contributed by atoms with Crippen molar-refractivity contribution in [3.8, 4) is 0 Å². The minimum Gasteiger partial charge on any atom is -0.478 e. The summed E-state index contributed by atoms with van der Waals surface area (Å²) in [6.07, 6.45) is -4.50. The molecule has 0 aliphatic rings. The lowest BCUT2D eigenvalue weighted by Crippen LogP contribution is -2.32. The first kappa shape index (κ1) is 23.7. The largest absolute Gasteiger partial charge is 0.478 e. The molecule has 8 nitrogen and oxygen atoms in total. The van der Waals surface area contributed by atoms with Gasteiger partial charge in [0.25, 0.3) is 5.56 Å². The Morgan fingerprint density at radius 3 is 2.69 bits per heavy atom. The molecular weight excluding hydrogens is 475 g/mol. The molecule has 0 aliphatic heterocycles. The lowest BCUT2D eigenvalue weighted by Gasteiger charge is -2.14. The number of methoxy groups -OCH3 is 1. The van der Waals surface area contributed by atoms with Gasteiger partial charge in [-0.1, -0.05) is 11.6 Å². The highest BCUT2D eigenvalue weighted by molar-refractivity contribution is 7.17. The third-order valence-electron chi connectivity index (χ3n) is 4.40. The number of hydrogen-bond acceptors (Lipinski definition) is 6. The highest BCUT2D eigenvalue weighted by Crippen LogP contribution is 2.33. The summed E-state index contributed by atoms with van der Waals surface area (Å²) < 4.78 is 44.8. The molecule has 32 heavy (non-hydrogen) atoms. The number of halogens is 4. The Kier molecular flexibility index (Phi) is 6.86. The van der Waals surface area contributed by atoms with Crippen LogP contribution in [0.15, 0.2) is 28.4 Å². The zero-order chi connectivity index (χ0) is 23.6. The number of ether oxygens (including phenoxy) is 1. The molecule has 0 bridgehead atoms. The van der Waals surface area contributed by atoms with Crippen molar-refractivity contribution in [1.29, 1.82) is 0 Å². The lowest BCUT2D eigenvalue weighted by molar-refractivity contribution is -0.137. The van der Waals surface area contributed by atoms with Gasteiger partial charge >= 0.3 is 12.1 Å². The molecule has 2 heterocycles. The second kappa shape index (κ2) is 9.27. The van der Waals surface area contributed by atoms with Crippen LogP contribution in [0.5, 0.6) is 0 Å². The van der Waals surface area contributed by atoms with Gasteiger partial charge in [-0.3, -0.25) is 14.2 Å². The number of carboxylic acid groups (broad SMARTS) is 1. The van der Waals surface area contributed by atoms with Crippen molar-refractivity contribution in [3.05, 3.63) is 55.9 Å². The van der Waals surface area contributed by atoms with Crippen LogP contribution in [0.25, 0.3) is 10.2 Å². The van der Waals surface area contributed by atoms with Crippen molar-refractivity contribution < 1.29 is 32.6 Å². The summed E-state index contributed by atoms with van der Waals surface area (Å²) in [5, 5.41) is 12.6. The van der Waals surface area contributed by atoms with Crippen LogP contribution in [0.2, 0.25) is 5.02 Å². The first-order valence-electron chi connectivity index (χ1n) is 8.92. The molecule has 3 aromatic rings. The normalized spacial score (nSPS) is 11.7. The predicted molar refractivity (Wildman–Crippen MR) is 112 cm³/mol. The fourth-order valence-corrected chi connectivity index (χ4v) is 3.99. The average Bonchev–Trinajstić information content (AvgIpc) is 3.14. The van der Waals surface area contributed by atoms with E-state index in [0.717, 1.165) is 28.0 Å². The summed E-state index contributed by atoms with van der Waals surface area (Å²) >= 11 is 6.87. The number of aromatic nitrogens is 2. The Balaban J connectivity index is 1.99. The molecule has 0 saturated carbocycles. The number of alkyl halides is 3. The third kappa shape index (κ3) is 4.92. The predicted octanol–water partition coefficient (Wildman–Crippen LogP) is 3.66. The van der Waals surface area contributed by atoms with Crippen molar-refractivity contribution in [2.75, 3.05) is 19.0 Å². The molecule has 3 rings (SSSR count). The topological polar surface area (TPSA) is 111 Å². The van der Waals surface area contributed by atoms with Crippen LogP contribution >= 0.6 is 22.9 Å². The molecule has 13 heteroatoms. The van der Waals surface area contributed by atoms with E-state index in [1.54, 1.807) is 0 Å². The summed E-state index contributed by atoms with van der Waals surface area (Å²) in [6, 6.07) is 2.44. The number of thiophene rings is 1. The van der Waals surface area contributed by atoms with E-state index in [4.69, 9.17) is 16.3 Å². The van der Waals surface area contributed by atoms with Gasteiger partial charge in [-0.25, -0.2) is 9.78 Å². The maximum absolute atomic E-state index is 13.0. The van der Waals surface area contributed by atoms with Crippen LogP contribution in [0.1, 0.15) is 21.7 Å². The van der Waals surface area contributed by atoms with Crippen LogP contribution in [0.3, 0.4) is 0 Å². The van der Waals surface area contributed by atoms with Gasteiger partial charge in [0.1, 0.15) is 17.2 Å². The van der Waals surface area contributed by atoms with Crippen LogP contribution in [-0.2, 0) is 28.7 Å². The van der Waals surface area contributed by atoms with Crippen molar-refractivity contribution >= 4 is 50.7 Å². The van der Waals surface area contributed by atoms with Gasteiger partial charge < -0.3 is 15.2 Å². The molecule has 2 aromatic heterocycles. The minimum atomic E-state index is -4.64. The number of hydrogen-bond donors (Lipinski definition) is 2. The maximum Gasteiger partial charge on any atom is 0.416 e. The number of fused-ring (bicyclic) bond motifs is 1. The quantitative estimate of drug-likeness (QED) is 0.524. The highest BCUT2D eigenvalue weighted by atomic mass is 35.5. The number of rotatable bonds is 7. The van der Waals surface area contributed by atoms with Crippen LogP contribution < -0.4 is 10.9 Å². The number of carbonyl (C=O) groups excluding carboxylic acids is 1. The second-order valence-corrected chi connectivity index (χ2v) is 7.80. The SMILES string of the molecule is COCCc1nc2scc(C(=O)O)c2c(=O)n1CC(=O)Nc1cc(C(F)(F)F)ccc1Cl. The smallest absolute Gasteiger partial charge is 0.416 e. The number of anilines is 1. The molecule has 0 unspecified atom stereocenters. The number of nitrogens with one attached hydrogen (secondary N) is 1. The van der Waals surface area contributed by atoms with Gasteiger partial charge in [0.15, 0.2) is 0 Å². The Bertz CT molecular complexity index is 1260. The standard InChI is InChI=1S/C19H15ClF3N3O5S/c1-31-5-4-13-25-16-15(10(8-32-16)18(29)30)17(28)26(13)7-14(27)24-12-6-9(19(21,22)23)2-3-11(12)20/h2-3,6,8H,4-5,7H2,1H3,(H,24,27)(H,29,30). The zero-order valence-electron chi connectivity index (χ0n) is 16.3. The van der Waals surface area contributed by atoms with E-state index < -0.39 is 35.7 Å². The van der Waals surface area contributed by atoms with Gasteiger partial charge in [0, 0.05) is 18.9 Å². The molecule has 0 saturated heterocycles. The molecule has 170 valence electrons. The molecule has 2 N–H and O–H groups in total. The van der Waals surface area contributed by atoms with Crippen LogP contribution in [0.4, 0.5) is 18.9 Å². The maximum atomic E-state index is 13.0. The van der Waals surface area contributed by atoms with Crippen molar-refractivity contribution in [3.63, 3.8) is 0 Å². The van der Waals surface area contributed by atoms with E-state index >= 15 is 0 Å². The number of benzene rings is 1. The van der Waals surface area contributed by atoms with E-state index in [9.17, 15) is 32.7 Å². The molecule has 0 radical (unpaired) electrons. The molecule has 0 atom stereocenters. The second-order valence-electron chi connectivity index (χ2n) is 6.54. The van der Waals surface area contributed by atoms with Crippen molar-refractivity contribution in [1.82, 2.24) is 9.55 Å². The molecular formula is C19H15ClF3N3O5S. The van der Waals surface area contributed by atoms with Gasteiger partial charge in [0.05, 0.1) is 33.8 Å². The first-order chi connectivity index (χ1) is 15.0. The van der Waals surface area contributed by atoms with Crippen molar-refractivity contribution in [2.24, 2.45) is 0 Å². The van der Waals surface area contributed by atoms with E-state index in [1.807, 2.05) is 0 Å². The van der Waals surface area contributed by atoms with E-state index in [0.29, 0.717) is 6.07 Å². The summed E-state index contributed by atoms with van der Waals surface area (Å²) in [4.78, 5) is 41.5. The van der Waals surface area contributed by atoms with E-state index in [1.165, 1.54) is 12.5 Å². The van der Waals surface area contributed by atoms with Crippen LogP contribution in [0, 0.1) is 0 Å². The number of carbonyl (C=O) groups is 2. The van der Waals surface area contributed by atoms with Crippen LogP contribution in [-0.4, -0.2) is 40.3 Å². The monoisotopic (exact) mass is 489 g/mol. The lowest BCUT2D eigenvalue weighted by atomic mass is 10.2. The number of aromatic carboxylic acids is 1. The minimum absolute atomic E-state index is 0.127. The molecule has 1 aromatic carbocycles. The Hall–Kier alpha value is -2.96. The molecule has 1 amide bonds. The summed E-state index contributed by atoms with van der Waals surface area (Å²) in [5.41, 5.74) is -2.31. The highest BCUT2D eigenvalue weighted by Gasteiger charge is 2.31. The average molecular weight is 490 g/mol. The number of amides is 1. The fourth-order valence-electron chi connectivity index (χ4n) is 2.90. The Morgan fingerprint density at radius 2 is 2.06 bits per heavy atom. The van der Waals surface area contributed by atoms with E-state index in [-0.39, 0.29) is 45.3 Å². The fraction of sp³-hybridized carbons (Fsp3) is 0.263. The summed E-state index contributed by atoms with van der Waals surface area (Å²) in [5.74, 6) is -2.01. The van der Waals surface area contributed by atoms with E-state index in [2.05, 4.69) is 10.3 Å². The number of carboxylic acids is 1. The first-order valence-corrected chi connectivity index (χ1v) is 10.2. The molecule has 0 aliphatic carbocycles. The van der Waals surface area contributed by atoms with Gasteiger partial charge in [0.2, 0.25) is 5.91 Å². The van der Waals surface area contributed by atoms with Crippen molar-refractivity contribution in [2.45, 2.75) is 19.1 Å². The third-order valence-corrected chi connectivity index (χ3v) is 5.60. The molecule has 0 spiro atoms. The Labute approximate surface area is 187 Å². The molecule has 0 fully saturated rings. The van der Waals surface area contributed by atoms with Gasteiger partial charge in [-0.05, 0) is 18.2 Å². The summed E-state index contributed by atoms with van der Waals surface area (Å²) in [7, 11) is 1.43. The van der Waals surface area contributed by atoms with Gasteiger partial charge in [-0.15, -0.1) is 11.3 Å².